The predicted octanol–water partition coefficient (Wildman–Crippen LogP) is 0.972. The molecule has 0 bridgehead atoms. The van der Waals surface area contributed by atoms with Gasteiger partial charge in [0.2, 0.25) is 0 Å². The molecule has 0 aromatic rings. The van der Waals surface area contributed by atoms with Crippen molar-refractivity contribution in [1.29, 1.82) is 0 Å². The minimum atomic E-state index is -0.299. The van der Waals surface area contributed by atoms with E-state index in [0.717, 1.165) is 32.5 Å². The highest BCUT2D eigenvalue weighted by Crippen LogP contribution is 1.93. The standard InChI is InChI=1S/C12H25NO4/c1-3-17-12(14)11-16-10-8-13-7-5-4-6-9-15-2/h13H,3-11H2,1-2H3. The molecule has 17 heavy (non-hydrogen) atoms. The van der Waals surface area contributed by atoms with Gasteiger partial charge in [-0.15, -0.1) is 0 Å². The Kier molecular flexibility index (Phi) is 12.9. The molecule has 0 rings (SSSR count). The summed E-state index contributed by atoms with van der Waals surface area (Å²) in [4.78, 5) is 10.9. The second kappa shape index (κ2) is 13.4. The average Bonchev–Trinajstić information content (AvgIpc) is 2.32. The third kappa shape index (κ3) is 13.3. The summed E-state index contributed by atoms with van der Waals surface area (Å²) in [6.07, 6.45) is 3.42. The molecule has 0 unspecified atom stereocenters. The molecule has 0 aromatic carbocycles. The Hall–Kier alpha value is -0.650. The first-order valence-electron chi connectivity index (χ1n) is 6.24. The van der Waals surface area contributed by atoms with E-state index in [1.807, 2.05) is 0 Å². The minimum absolute atomic E-state index is 0.0450. The summed E-state index contributed by atoms with van der Waals surface area (Å²) in [5.41, 5.74) is 0. The fourth-order valence-electron chi connectivity index (χ4n) is 1.30. The maximum Gasteiger partial charge on any atom is 0.332 e. The van der Waals surface area contributed by atoms with Crippen LogP contribution in [0.5, 0.6) is 0 Å². The van der Waals surface area contributed by atoms with Gasteiger partial charge < -0.3 is 19.5 Å². The summed E-state index contributed by atoms with van der Waals surface area (Å²) in [6.45, 7) is 5.35. The average molecular weight is 247 g/mol. The number of nitrogens with one attached hydrogen (secondary N) is 1. The highest BCUT2D eigenvalue weighted by molar-refractivity contribution is 5.70. The van der Waals surface area contributed by atoms with Gasteiger partial charge >= 0.3 is 5.97 Å². The minimum Gasteiger partial charge on any atom is -0.464 e. The monoisotopic (exact) mass is 247 g/mol. The van der Waals surface area contributed by atoms with Crippen LogP contribution >= 0.6 is 0 Å². The van der Waals surface area contributed by atoms with Gasteiger partial charge in [0.15, 0.2) is 0 Å². The number of methoxy groups -OCH3 is 1. The van der Waals surface area contributed by atoms with E-state index in [4.69, 9.17) is 14.2 Å². The molecule has 0 aliphatic carbocycles. The van der Waals surface area contributed by atoms with Crippen LogP contribution in [0.1, 0.15) is 26.2 Å². The third-order valence-corrected chi connectivity index (χ3v) is 2.15. The molecular formula is C12H25NO4. The Bertz CT molecular complexity index is 176. The maximum atomic E-state index is 10.9. The molecule has 0 heterocycles. The lowest BCUT2D eigenvalue weighted by Crippen LogP contribution is -2.23. The van der Waals surface area contributed by atoms with E-state index in [0.29, 0.717) is 13.2 Å². The Labute approximate surface area is 104 Å². The summed E-state index contributed by atoms with van der Waals surface area (Å²) >= 11 is 0. The van der Waals surface area contributed by atoms with Crippen LogP contribution in [0.25, 0.3) is 0 Å². The largest absolute Gasteiger partial charge is 0.464 e. The molecule has 0 atom stereocenters. The molecule has 5 heteroatoms. The van der Waals surface area contributed by atoms with Crippen LogP contribution < -0.4 is 5.32 Å². The zero-order valence-electron chi connectivity index (χ0n) is 11.0. The van der Waals surface area contributed by atoms with Gasteiger partial charge in [-0.25, -0.2) is 4.79 Å². The van der Waals surface area contributed by atoms with Crippen molar-refractivity contribution in [3.05, 3.63) is 0 Å². The number of carbonyl (C=O) groups is 1. The molecule has 0 saturated carbocycles. The van der Waals surface area contributed by atoms with E-state index >= 15 is 0 Å². The van der Waals surface area contributed by atoms with Crippen LogP contribution in [-0.2, 0) is 19.0 Å². The number of hydrogen-bond donors (Lipinski definition) is 1. The van der Waals surface area contributed by atoms with E-state index in [1.54, 1.807) is 14.0 Å². The fraction of sp³-hybridized carbons (Fsp3) is 0.917. The quantitative estimate of drug-likeness (QED) is 0.411. The Morgan fingerprint density at radius 3 is 2.65 bits per heavy atom. The number of rotatable bonds is 12. The van der Waals surface area contributed by atoms with E-state index in [1.165, 1.54) is 6.42 Å². The SMILES string of the molecule is CCOC(=O)COCCNCCCCCOC. The number of hydrogen-bond acceptors (Lipinski definition) is 5. The second-order valence-electron chi connectivity index (χ2n) is 3.66. The lowest BCUT2D eigenvalue weighted by atomic mass is 10.2. The zero-order chi connectivity index (χ0) is 12.8. The summed E-state index contributed by atoms with van der Waals surface area (Å²) in [7, 11) is 1.72. The smallest absolute Gasteiger partial charge is 0.332 e. The first-order valence-corrected chi connectivity index (χ1v) is 6.24. The van der Waals surface area contributed by atoms with Crippen molar-refractivity contribution in [3.8, 4) is 0 Å². The molecule has 0 fully saturated rings. The number of esters is 1. The molecule has 0 saturated heterocycles. The van der Waals surface area contributed by atoms with Crippen LogP contribution in [-0.4, -0.2) is 52.6 Å². The highest BCUT2D eigenvalue weighted by Gasteiger charge is 1.99. The van der Waals surface area contributed by atoms with Gasteiger partial charge in [0.05, 0.1) is 13.2 Å². The molecule has 1 N–H and O–H groups in total. The molecule has 0 amide bonds. The van der Waals surface area contributed by atoms with E-state index in [-0.39, 0.29) is 12.6 Å². The van der Waals surface area contributed by atoms with E-state index in [9.17, 15) is 4.79 Å². The summed E-state index contributed by atoms with van der Waals surface area (Å²) in [6, 6.07) is 0. The Balaban J connectivity index is 3.01. The van der Waals surface area contributed by atoms with Gasteiger partial charge in [-0.2, -0.15) is 0 Å². The van der Waals surface area contributed by atoms with Crippen LogP contribution in [0.2, 0.25) is 0 Å². The molecule has 0 spiro atoms. The second-order valence-corrected chi connectivity index (χ2v) is 3.66. The van der Waals surface area contributed by atoms with Crippen LogP contribution in [0.3, 0.4) is 0 Å². The van der Waals surface area contributed by atoms with Crippen molar-refractivity contribution in [2.45, 2.75) is 26.2 Å². The first kappa shape index (κ1) is 16.4. The molecular weight excluding hydrogens is 222 g/mol. The van der Waals surface area contributed by atoms with Crippen LogP contribution in [0.4, 0.5) is 0 Å². The third-order valence-electron chi connectivity index (χ3n) is 2.15. The number of carbonyl (C=O) groups excluding carboxylic acids is 1. The van der Waals surface area contributed by atoms with Crippen molar-refractivity contribution in [3.63, 3.8) is 0 Å². The highest BCUT2D eigenvalue weighted by atomic mass is 16.6. The molecule has 0 aliphatic rings. The summed E-state index contributed by atoms with van der Waals surface area (Å²) < 4.78 is 14.8. The molecule has 102 valence electrons. The number of ether oxygens (including phenoxy) is 3. The summed E-state index contributed by atoms with van der Waals surface area (Å²) in [5.74, 6) is -0.299. The van der Waals surface area contributed by atoms with Crippen LogP contribution in [0, 0.1) is 0 Å². The summed E-state index contributed by atoms with van der Waals surface area (Å²) in [5, 5.41) is 3.25. The van der Waals surface area contributed by atoms with Gasteiger partial charge in [-0.1, -0.05) is 0 Å². The van der Waals surface area contributed by atoms with Gasteiger partial charge in [-0.3, -0.25) is 0 Å². The van der Waals surface area contributed by atoms with Crippen molar-refractivity contribution in [2.24, 2.45) is 0 Å². The predicted molar refractivity (Wildman–Crippen MR) is 66.0 cm³/mol. The van der Waals surface area contributed by atoms with Crippen molar-refractivity contribution < 1.29 is 19.0 Å². The zero-order valence-corrected chi connectivity index (χ0v) is 11.0. The topological polar surface area (TPSA) is 56.8 Å². The fourth-order valence-corrected chi connectivity index (χ4v) is 1.30. The van der Waals surface area contributed by atoms with Crippen molar-refractivity contribution in [2.75, 3.05) is 46.6 Å². The van der Waals surface area contributed by atoms with Gasteiger partial charge in [0.25, 0.3) is 0 Å². The lowest BCUT2D eigenvalue weighted by molar-refractivity contribution is -0.148. The molecule has 0 aliphatic heterocycles. The van der Waals surface area contributed by atoms with Crippen molar-refractivity contribution >= 4 is 5.97 Å². The molecule has 0 radical (unpaired) electrons. The molecule has 5 nitrogen and oxygen atoms in total. The Morgan fingerprint density at radius 2 is 1.94 bits per heavy atom. The number of unbranched alkanes of at least 4 members (excludes halogenated alkanes) is 2. The van der Waals surface area contributed by atoms with Crippen LogP contribution in [0.15, 0.2) is 0 Å². The normalized spacial score (nSPS) is 10.5. The lowest BCUT2D eigenvalue weighted by Gasteiger charge is -2.06. The molecule has 0 aromatic heterocycles. The van der Waals surface area contributed by atoms with E-state index in [2.05, 4.69) is 5.32 Å². The van der Waals surface area contributed by atoms with Gasteiger partial charge in [0, 0.05) is 20.3 Å². The maximum absolute atomic E-state index is 10.9. The van der Waals surface area contributed by atoms with Crippen molar-refractivity contribution in [1.82, 2.24) is 5.32 Å². The first-order chi connectivity index (χ1) is 8.31. The Morgan fingerprint density at radius 1 is 1.12 bits per heavy atom. The van der Waals surface area contributed by atoms with Gasteiger partial charge in [-0.05, 0) is 32.7 Å². The van der Waals surface area contributed by atoms with Gasteiger partial charge in [0.1, 0.15) is 6.61 Å². The van der Waals surface area contributed by atoms with E-state index < -0.39 is 0 Å².